The summed E-state index contributed by atoms with van der Waals surface area (Å²) in [6, 6.07) is 9.60. The SMILES string of the molecule is O=C(C[C@H]1CNCC[C@@H]1O)OCc1ccccc1. The first kappa shape index (κ1) is 13.1. The van der Waals surface area contributed by atoms with Crippen LogP contribution in [0, 0.1) is 5.92 Å². The van der Waals surface area contributed by atoms with Gasteiger partial charge in [-0.3, -0.25) is 4.79 Å². The minimum absolute atomic E-state index is 0.0259. The van der Waals surface area contributed by atoms with Crippen molar-refractivity contribution in [2.45, 2.75) is 25.6 Å². The molecule has 4 heteroatoms. The van der Waals surface area contributed by atoms with Crippen LogP contribution in [0.2, 0.25) is 0 Å². The molecule has 0 spiro atoms. The number of nitrogens with one attached hydrogen (secondary N) is 1. The molecule has 2 atom stereocenters. The zero-order valence-corrected chi connectivity index (χ0v) is 10.3. The van der Waals surface area contributed by atoms with Gasteiger partial charge in [-0.05, 0) is 18.5 Å². The highest BCUT2D eigenvalue weighted by Gasteiger charge is 2.25. The summed E-state index contributed by atoms with van der Waals surface area (Å²) in [5.74, 6) is -0.270. The molecule has 98 valence electrons. The van der Waals surface area contributed by atoms with E-state index in [1.54, 1.807) is 0 Å². The number of hydrogen-bond donors (Lipinski definition) is 2. The van der Waals surface area contributed by atoms with E-state index >= 15 is 0 Å². The molecule has 2 rings (SSSR count). The van der Waals surface area contributed by atoms with Crippen molar-refractivity contribution >= 4 is 5.97 Å². The Bertz CT molecular complexity index is 380. The molecule has 0 aliphatic carbocycles. The van der Waals surface area contributed by atoms with E-state index in [2.05, 4.69) is 5.32 Å². The zero-order chi connectivity index (χ0) is 12.8. The Kier molecular flexibility index (Phi) is 4.73. The highest BCUT2D eigenvalue weighted by atomic mass is 16.5. The van der Waals surface area contributed by atoms with Crippen LogP contribution in [0.4, 0.5) is 0 Å². The number of rotatable bonds is 4. The maximum Gasteiger partial charge on any atom is 0.306 e. The van der Waals surface area contributed by atoms with Gasteiger partial charge in [0.1, 0.15) is 6.61 Å². The van der Waals surface area contributed by atoms with E-state index in [0.717, 1.165) is 12.1 Å². The van der Waals surface area contributed by atoms with Crippen molar-refractivity contribution in [2.75, 3.05) is 13.1 Å². The fourth-order valence-electron chi connectivity index (χ4n) is 2.13. The summed E-state index contributed by atoms with van der Waals surface area (Å²) < 4.78 is 5.20. The van der Waals surface area contributed by atoms with Crippen LogP contribution in [0.5, 0.6) is 0 Å². The number of carbonyl (C=O) groups excluding carboxylic acids is 1. The minimum Gasteiger partial charge on any atom is -0.461 e. The first-order valence-corrected chi connectivity index (χ1v) is 6.34. The maximum absolute atomic E-state index is 11.7. The summed E-state index contributed by atoms with van der Waals surface area (Å²) in [6.07, 6.45) is 0.591. The number of hydrogen-bond acceptors (Lipinski definition) is 4. The quantitative estimate of drug-likeness (QED) is 0.784. The average molecular weight is 249 g/mol. The van der Waals surface area contributed by atoms with Gasteiger partial charge in [0.25, 0.3) is 0 Å². The van der Waals surface area contributed by atoms with E-state index in [-0.39, 0.29) is 18.3 Å². The Morgan fingerprint density at radius 3 is 2.89 bits per heavy atom. The van der Waals surface area contributed by atoms with Crippen molar-refractivity contribution in [2.24, 2.45) is 5.92 Å². The van der Waals surface area contributed by atoms with Gasteiger partial charge in [-0.1, -0.05) is 30.3 Å². The Morgan fingerprint density at radius 1 is 1.39 bits per heavy atom. The second-order valence-electron chi connectivity index (χ2n) is 4.67. The molecular formula is C14H19NO3. The largest absolute Gasteiger partial charge is 0.461 e. The van der Waals surface area contributed by atoms with Crippen LogP contribution in [-0.2, 0) is 16.1 Å². The van der Waals surface area contributed by atoms with Crippen LogP contribution in [0.3, 0.4) is 0 Å². The number of benzene rings is 1. The Morgan fingerprint density at radius 2 is 2.17 bits per heavy atom. The van der Waals surface area contributed by atoms with E-state index in [1.807, 2.05) is 30.3 Å². The molecule has 1 heterocycles. The van der Waals surface area contributed by atoms with Gasteiger partial charge in [0.15, 0.2) is 0 Å². The first-order chi connectivity index (χ1) is 8.75. The lowest BCUT2D eigenvalue weighted by atomic mass is 9.93. The normalized spacial score (nSPS) is 23.6. The molecule has 1 saturated heterocycles. The molecule has 1 aromatic rings. The standard InChI is InChI=1S/C14H19NO3/c16-13-6-7-15-9-12(13)8-14(17)18-10-11-4-2-1-3-5-11/h1-5,12-13,15-16H,6-10H2/t12-,13-/m0/s1. The molecule has 0 bridgehead atoms. The molecule has 1 aliphatic heterocycles. The molecule has 0 saturated carbocycles. The molecule has 18 heavy (non-hydrogen) atoms. The molecular weight excluding hydrogens is 230 g/mol. The highest BCUT2D eigenvalue weighted by molar-refractivity contribution is 5.69. The van der Waals surface area contributed by atoms with Gasteiger partial charge in [0, 0.05) is 12.5 Å². The number of aliphatic hydroxyl groups excluding tert-OH is 1. The van der Waals surface area contributed by atoms with Crippen LogP contribution in [0.25, 0.3) is 0 Å². The van der Waals surface area contributed by atoms with Gasteiger partial charge >= 0.3 is 5.97 Å². The summed E-state index contributed by atoms with van der Waals surface area (Å²) in [4.78, 5) is 11.7. The van der Waals surface area contributed by atoms with Crippen LogP contribution >= 0.6 is 0 Å². The average Bonchev–Trinajstić information content (AvgIpc) is 2.40. The third-order valence-electron chi connectivity index (χ3n) is 3.24. The van der Waals surface area contributed by atoms with Crippen molar-refractivity contribution in [3.05, 3.63) is 35.9 Å². The molecule has 0 aromatic heterocycles. The third kappa shape index (κ3) is 3.82. The minimum atomic E-state index is -0.393. The number of ether oxygens (including phenoxy) is 1. The Hall–Kier alpha value is -1.39. The van der Waals surface area contributed by atoms with E-state index in [1.165, 1.54) is 0 Å². The lowest BCUT2D eigenvalue weighted by Gasteiger charge is -2.27. The van der Waals surface area contributed by atoms with Gasteiger partial charge < -0.3 is 15.2 Å². The smallest absolute Gasteiger partial charge is 0.306 e. The van der Waals surface area contributed by atoms with Crippen molar-refractivity contribution in [3.8, 4) is 0 Å². The maximum atomic E-state index is 11.7. The molecule has 4 nitrogen and oxygen atoms in total. The van der Waals surface area contributed by atoms with Gasteiger partial charge in [-0.25, -0.2) is 0 Å². The van der Waals surface area contributed by atoms with E-state index < -0.39 is 6.10 Å². The van der Waals surface area contributed by atoms with Gasteiger partial charge in [-0.15, -0.1) is 0 Å². The Labute approximate surface area is 107 Å². The van der Waals surface area contributed by atoms with Crippen LogP contribution in [0.1, 0.15) is 18.4 Å². The summed E-state index contributed by atoms with van der Waals surface area (Å²) in [6.45, 7) is 1.80. The Balaban J connectivity index is 1.75. The van der Waals surface area contributed by atoms with Gasteiger partial charge in [-0.2, -0.15) is 0 Å². The highest BCUT2D eigenvalue weighted by Crippen LogP contribution is 2.16. The van der Waals surface area contributed by atoms with Crippen LogP contribution < -0.4 is 5.32 Å². The zero-order valence-electron chi connectivity index (χ0n) is 10.3. The summed E-state index contributed by atoms with van der Waals surface area (Å²) >= 11 is 0. The van der Waals surface area contributed by atoms with E-state index in [0.29, 0.717) is 19.6 Å². The number of aliphatic hydroxyl groups is 1. The molecule has 1 aliphatic rings. The lowest BCUT2D eigenvalue weighted by Crippen LogP contribution is -2.41. The monoisotopic (exact) mass is 249 g/mol. The molecule has 2 N–H and O–H groups in total. The summed E-state index contributed by atoms with van der Waals surface area (Å²) in [5.41, 5.74) is 0.980. The van der Waals surface area contributed by atoms with Gasteiger partial charge in [0.05, 0.1) is 12.5 Å². The van der Waals surface area contributed by atoms with Crippen molar-refractivity contribution in [1.82, 2.24) is 5.32 Å². The van der Waals surface area contributed by atoms with E-state index in [4.69, 9.17) is 4.74 Å². The number of carbonyl (C=O) groups is 1. The summed E-state index contributed by atoms with van der Waals surface area (Å²) in [7, 11) is 0. The van der Waals surface area contributed by atoms with E-state index in [9.17, 15) is 9.90 Å². The lowest BCUT2D eigenvalue weighted by molar-refractivity contribution is -0.147. The van der Waals surface area contributed by atoms with Gasteiger partial charge in [0.2, 0.25) is 0 Å². The van der Waals surface area contributed by atoms with Crippen molar-refractivity contribution in [1.29, 1.82) is 0 Å². The van der Waals surface area contributed by atoms with Crippen LogP contribution in [0.15, 0.2) is 30.3 Å². The second-order valence-corrected chi connectivity index (χ2v) is 4.67. The topological polar surface area (TPSA) is 58.6 Å². The molecule has 1 fully saturated rings. The number of esters is 1. The molecule has 0 amide bonds. The van der Waals surface area contributed by atoms with Crippen molar-refractivity contribution < 1.29 is 14.6 Å². The molecule has 0 radical (unpaired) electrons. The fraction of sp³-hybridized carbons (Fsp3) is 0.500. The second kappa shape index (κ2) is 6.52. The van der Waals surface area contributed by atoms with Crippen molar-refractivity contribution in [3.63, 3.8) is 0 Å². The van der Waals surface area contributed by atoms with Crippen LogP contribution in [-0.4, -0.2) is 30.3 Å². The predicted octanol–water partition coefficient (Wildman–Crippen LogP) is 1.09. The first-order valence-electron chi connectivity index (χ1n) is 6.34. The molecule has 1 aromatic carbocycles. The summed E-state index contributed by atoms with van der Waals surface area (Å²) in [5, 5.41) is 12.9. The fourth-order valence-corrected chi connectivity index (χ4v) is 2.13. The predicted molar refractivity (Wildman–Crippen MR) is 67.8 cm³/mol. The third-order valence-corrected chi connectivity index (χ3v) is 3.24. The molecule has 0 unspecified atom stereocenters. The number of piperidine rings is 1.